The molecule has 0 fully saturated rings. The van der Waals surface area contributed by atoms with Crippen molar-refractivity contribution in [3.63, 3.8) is 0 Å². The summed E-state index contributed by atoms with van der Waals surface area (Å²) < 4.78 is 19.9. The third-order valence-electron chi connectivity index (χ3n) is 1.04. The zero-order chi connectivity index (χ0) is 9.50. The molecular weight excluding hydrogens is 308 g/mol. The van der Waals surface area contributed by atoms with Crippen molar-refractivity contribution in [3.05, 3.63) is 0 Å². The van der Waals surface area contributed by atoms with Gasteiger partial charge in [-0.15, -0.1) is 0 Å². The van der Waals surface area contributed by atoms with Crippen LogP contribution in [-0.4, -0.2) is 10.2 Å². The Morgan fingerprint density at radius 2 is 1.15 bits per heavy atom. The molecule has 0 atom stereocenters. The molecule has 0 aromatic rings. The van der Waals surface area contributed by atoms with Crippen molar-refractivity contribution in [2.45, 2.75) is 12.0 Å². The minimum Gasteiger partial charge on any atom is -0.808 e. The van der Waals surface area contributed by atoms with E-state index in [9.17, 15) is 28.7 Å². The van der Waals surface area contributed by atoms with E-state index in [1.807, 2.05) is 0 Å². The van der Waals surface area contributed by atoms with Crippen LogP contribution in [0.3, 0.4) is 0 Å². The Hall–Kier alpha value is 1.30. The second kappa shape index (κ2) is 5.40. The summed E-state index contributed by atoms with van der Waals surface area (Å²) in [5.74, 6) is 0. The maximum Gasteiger partial charge on any atom is 2.00 e. The van der Waals surface area contributed by atoms with E-state index in [-0.39, 0.29) is 41.1 Å². The Balaban J connectivity index is -0.000000500. The number of hydrogen-bond donors (Lipinski definition) is 1. The predicted octanol–water partition coefficient (Wildman–Crippen LogP) is -3.53. The van der Waals surface area contributed by atoms with Crippen molar-refractivity contribution in [2.75, 3.05) is 0 Å². The quantitative estimate of drug-likeness (QED) is 0.410. The molecule has 1 N–H and O–H groups in total. The average molecular weight is 312 g/mol. The van der Waals surface area contributed by atoms with Gasteiger partial charge in [0.2, 0.25) is 0 Å². The van der Waals surface area contributed by atoms with E-state index in [4.69, 9.17) is 5.11 Å². The molecule has 0 rings (SSSR count). The van der Waals surface area contributed by atoms with Gasteiger partial charge in [-0.05, 0) is 22.1 Å². The SMILES string of the molecule is CC(O)(P(=O)([O-])[O-])P(=O)([O-])[O-].[Mn+2].[Mn+2]. The number of rotatable bonds is 2. The minimum atomic E-state index is -5.82. The van der Waals surface area contributed by atoms with Crippen molar-refractivity contribution in [1.82, 2.24) is 0 Å². The summed E-state index contributed by atoms with van der Waals surface area (Å²) in [6.45, 7) is 0.133. The molecule has 0 saturated heterocycles. The maximum atomic E-state index is 9.95. The van der Waals surface area contributed by atoms with Crippen LogP contribution in [0, 0.1) is 0 Å². The molecule has 0 amide bonds. The van der Waals surface area contributed by atoms with Crippen molar-refractivity contribution in [2.24, 2.45) is 0 Å². The molecule has 11 heteroatoms. The summed E-state index contributed by atoms with van der Waals surface area (Å²) in [7, 11) is -11.6. The van der Waals surface area contributed by atoms with Crippen molar-refractivity contribution < 1.29 is 67.9 Å². The zero-order valence-electron chi connectivity index (χ0n) is 6.05. The van der Waals surface area contributed by atoms with Crippen LogP contribution in [0.1, 0.15) is 6.92 Å². The van der Waals surface area contributed by atoms with Gasteiger partial charge in [0, 0.05) is 0 Å². The first-order chi connectivity index (χ1) is 4.50. The molecule has 0 heterocycles. The van der Waals surface area contributed by atoms with Gasteiger partial charge in [0.1, 0.15) is 5.08 Å². The number of hydrogen-bond acceptors (Lipinski definition) is 7. The third-order valence-corrected chi connectivity index (χ3v) is 4.58. The summed E-state index contributed by atoms with van der Waals surface area (Å²) in [6.07, 6.45) is 0. The Morgan fingerprint density at radius 1 is 1.00 bits per heavy atom. The molecule has 0 saturated carbocycles. The molecule has 0 aromatic carbocycles. The molecule has 0 unspecified atom stereocenters. The predicted molar refractivity (Wildman–Crippen MR) is 25.8 cm³/mol. The maximum absolute atomic E-state index is 9.95. The van der Waals surface area contributed by atoms with E-state index in [0.29, 0.717) is 0 Å². The topological polar surface area (TPSA) is 147 Å². The van der Waals surface area contributed by atoms with Crippen LogP contribution in [0.2, 0.25) is 0 Å². The van der Waals surface area contributed by atoms with Crippen LogP contribution in [0.4, 0.5) is 0 Å². The van der Waals surface area contributed by atoms with E-state index < -0.39 is 20.3 Å². The summed E-state index contributed by atoms with van der Waals surface area (Å²) in [6, 6.07) is 0. The first-order valence-corrected chi connectivity index (χ1v) is 5.35. The molecule has 0 aromatic heterocycles. The van der Waals surface area contributed by atoms with Gasteiger partial charge < -0.3 is 33.8 Å². The van der Waals surface area contributed by atoms with E-state index >= 15 is 0 Å². The molecule has 2 radical (unpaired) electrons. The molecule has 0 spiro atoms. The van der Waals surface area contributed by atoms with Gasteiger partial charge in [-0.3, -0.25) is 0 Å². The zero-order valence-corrected chi connectivity index (χ0v) is 10.2. The molecule has 0 bridgehead atoms. The second-order valence-corrected chi connectivity index (χ2v) is 6.05. The first-order valence-electron chi connectivity index (χ1n) is 2.27. The van der Waals surface area contributed by atoms with Crippen LogP contribution < -0.4 is 19.6 Å². The molecule has 7 nitrogen and oxygen atoms in total. The summed E-state index contributed by atoms with van der Waals surface area (Å²) >= 11 is 0. The first kappa shape index (κ1) is 19.8. The molecule has 0 aliphatic rings. The van der Waals surface area contributed by atoms with Crippen molar-refractivity contribution in [3.8, 4) is 0 Å². The summed E-state index contributed by atoms with van der Waals surface area (Å²) in [5.41, 5.74) is 0. The normalized spacial score (nSPS) is 12.8. The Labute approximate surface area is 95.2 Å². The molecule has 13 heavy (non-hydrogen) atoms. The van der Waals surface area contributed by atoms with Crippen molar-refractivity contribution >= 4 is 15.2 Å². The third kappa shape index (κ3) is 4.56. The molecular formula is C2H4Mn2O7P2. The molecule has 0 aliphatic heterocycles. The average Bonchev–Trinajstić information content (AvgIpc) is 1.58. The van der Waals surface area contributed by atoms with E-state index in [0.717, 1.165) is 0 Å². The van der Waals surface area contributed by atoms with Gasteiger partial charge in [-0.1, -0.05) is 0 Å². The van der Waals surface area contributed by atoms with Crippen LogP contribution in [0.5, 0.6) is 0 Å². The van der Waals surface area contributed by atoms with Crippen LogP contribution in [-0.2, 0) is 43.3 Å². The van der Waals surface area contributed by atoms with Gasteiger partial charge >= 0.3 is 34.1 Å². The fraction of sp³-hybridized carbons (Fsp3) is 1.00. The van der Waals surface area contributed by atoms with Crippen LogP contribution in [0.25, 0.3) is 0 Å². The van der Waals surface area contributed by atoms with Crippen LogP contribution >= 0.6 is 15.2 Å². The molecule has 78 valence electrons. The Morgan fingerprint density at radius 3 is 1.15 bits per heavy atom. The van der Waals surface area contributed by atoms with Gasteiger partial charge in [0.15, 0.2) is 0 Å². The monoisotopic (exact) mass is 312 g/mol. The van der Waals surface area contributed by atoms with E-state index in [2.05, 4.69) is 0 Å². The summed E-state index contributed by atoms with van der Waals surface area (Å²) in [4.78, 5) is 39.8. The fourth-order valence-electron chi connectivity index (χ4n) is 0.150. The Bertz CT molecular complexity index is 215. The molecule has 0 aliphatic carbocycles. The van der Waals surface area contributed by atoms with Crippen LogP contribution in [0.15, 0.2) is 0 Å². The largest absolute Gasteiger partial charge is 2.00 e. The van der Waals surface area contributed by atoms with Gasteiger partial charge in [-0.25, -0.2) is 0 Å². The fourth-order valence-corrected chi connectivity index (χ4v) is 1.35. The van der Waals surface area contributed by atoms with Gasteiger partial charge in [-0.2, -0.15) is 0 Å². The number of aliphatic hydroxyl groups is 1. The summed E-state index contributed by atoms with van der Waals surface area (Å²) in [5, 5.41) is 4.68. The standard InChI is InChI=1S/C2H8O7P2.2Mn/c1-2(3,10(4,5)6)11(7,8)9;;/h3H,1H3,(H2,4,5,6)(H2,7,8,9);;/q;2*+2/p-4. The van der Waals surface area contributed by atoms with Crippen molar-refractivity contribution in [1.29, 1.82) is 0 Å². The minimum absolute atomic E-state index is 0. The van der Waals surface area contributed by atoms with E-state index in [1.54, 1.807) is 0 Å². The van der Waals surface area contributed by atoms with Gasteiger partial charge in [0.05, 0.1) is 0 Å². The second-order valence-electron chi connectivity index (χ2n) is 1.97. The Kier molecular flexibility index (Phi) is 8.23. The van der Waals surface area contributed by atoms with E-state index in [1.165, 1.54) is 0 Å². The van der Waals surface area contributed by atoms with Gasteiger partial charge in [0.25, 0.3) is 0 Å². The smallest absolute Gasteiger partial charge is 0.808 e.